The van der Waals surface area contributed by atoms with E-state index in [4.69, 9.17) is 19.7 Å². The molecule has 1 aromatic rings. The second kappa shape index (κ2) is 5.44. The lowest BCUT2D eigenvalue weighted by atomic mass is 9.80. The molecule has 3 heterocycles. The molecule has 0 aliphatic carbocycles. The predicted molar refractivity (Wildman–Crippen MR) is 68.1 cm³/mol. The molecule has 0 radical (unpaired) electrons. The van der Waals surface area contributed by atoms with Crippen LogP contribution in [0.5, 0.6) is 0 Å². The number of anilines is 1. The van der Waals surface area contributed by atoms with Gasteiger partial charge in [0.2, 0.25) is 5.89 Å². The fourth-order valence-corrected chi connectivity index (χ4v) is 2.59. The van der Waals surface area contributed by atoms with Crippen LogP contribution in [0.2, 0.25) is 0 Å². The van der Waals surface area contributed by atoms with Crippen molar-refractivity contribution in [3.63, 3.8) is 0 Å². The Hall–Kier alpha value is -1.18. The van der Waals surface area contributed by atoms with E-state index < -0.39 is 0 Å². The zero-order valence-electron chi connectivity index (χ0n) is 11.0. The van der Waals surface area contributed by atoms with Crippen molar-refractivity contribution < 1.29 is 14.0 Å². The Labute approximate surface area is 112 Å². The van der Waals surface area contributed by atoms with Gasteiger partial charge in [0.05, 0.1) is 18.6 Å². The van der Waals surface area contributed by atoms with Crippen molar-refractivity contribution >= 4 is 5.95 Å². The van der Waals surface area contributed by atoms with Crippen LogP contribution < -0.4 is 10.6 Å². The Morgan fingerprint density at radius 2 is 1.79 bits per heavy atom. The molecule has 2 fully saturated rings. The smallest absolute Gasteiger partial charge is 0.266 e. The predicted octanol–water partition coefficient (Wildman–Crippen LogP) is -0.0869. The first-order chi connectivity index (χ1) is 9.34. The molecule has 1 aromatic heterocycles. The van der Waals surface area contributed by atoms with Gasteiger partial charge in [0.25, 0.3) is 5.95 Å². The Morgan fingerprint density at radius 1 is 1.11 bits per heavy atom. The average molecular weight is 268 g/mol. The van der Waals surface area contributed by atoms with Crippen LogP contribution in [0.1, 0.15) is 18.7 Å². The van der Waals surface area contributed by atoms with Gasteiger partial charge in [-0.2, -0.15) is 4.98 Å². The molecule has 106 valence electrons. The number of ether oxygens (including phenoxy) is 2. The van der Waals surface area contributed by atoms with E-state index in [-0.39, 0.29) is 5.41 Å². The largest absolute Gasteiger partial charge is 0.381 e. The molecule has 2 aliphatic rings. The van der Waals surface area contributed by atoms with E-state index in [9.17, 15) is 0 Å². The Morgan fingerprint density at radius 3 is 2.47 bits per heavy atom. The lowest BCUT2D eigenvalue weighted by Crippen LogP contribution is -2.41. The van der Waals surface area contributed by atoms with Crippen LogP contribution in [0.25, 0.3) is 0 Å². The van der Waals surface area contributed by atoms with Crippen molar-refractivity contribution in [3.8, 4) is 0 Å². The topological polar surface area (TPSA) is 86.6 Å². The molecule has 2 N–H and O–H groups in total. The highest BCUT2D eigenvalue weighted by molar-refractivity contribution is 5.29. The molecule has 2 aliphatic heterocycles. The summed E-state index contributed by atoms with van der Waals surface area (Å²) in [5.74, 6) is 1.30. The maximum Gasteiger partial charge on any atom is 0.266 e. The second-order valence-electron chi connectivity index (χ2n) is 5.10. The summed E-state index contributed by atoms with van der Waals surface area (Å²) in [6.07, 6.45) is 1.68. The van der Waals surface area contributed by atoms with Crippen LogP contribution in [0, 0.1) is 0 Å². The van der Waals surface area contributed by atoms with E-state index in [0.29, 0.717) is 44.8 Å². The highest BCUT2D eigenvalue weighted by Gasteiger charge is 2.39. The second-order valence-corrected chi connectivity index (χ2v) is 5.10. The lowest BCUT2D eigenvalue weighted by molar-refractivity contribution is 0.0409. The summed E-state index contributed by atoms with van der Waals surface area (Å²) in [5, 5.41) is 4.10. The van der Waals surface area contributed by atoms with Crippen LogP contribution in [-0.2, 0) is 14.9 Å². The summed E-state index contributed by atoms with van der Waals surface area (Å²) < 4.78 is 16.2. The van der Waals surface area contributed by atoms with Gasteiger partial charge in [-0.15, -0.1) is 0 Å². The van der Waals surface area contributed by atoms with Gasteiger partial charge in [-0.1, -0.05) is 0 Å². The maximum absolute atomic E-state index is 5.94. The van der Waals surface area contributed by atoms with E-state index in [1.807, 2.05) is 0 Å². The van der Waals surface area contributed by atoms with E-state index in [1.165, 1.54) is 0 Å². The van der Waals surface area contributed by atoms with Gasteiger partial charge >= 0.3 is 0 Å². The number of hydrogen-bond acceptors (Lipinski definition) is 7. The van der Waals surface area contributed by atoms with Crippen LogP contribution >= 0.6 is 0 Å². The summed E-state index contributed by atoms with van der Waals surface area (Å²) in [6.45, 7) is 4.94. The molecule has 0 bridgehead atoms. The van der Waals surface area contributed by atoms with Crippen molar-refractivity contribution in [2.75, 3.05) is 51.0 Å². The molecule has 0 spiro atoms. The zero-order valence-corrected chi connectivity index (χ0v) is 11.0. The van der Waals surface area contributed by atoms with E-state index in [2.05, 4.69) is 15.0 Å². The summed E-state index contributed by atoms with van der Waals surface area (Å²) in [5.41, 5.74) is 5.73. The van der Waals surface area contributed by atoms with Gasteiger partial charge in [0.1, 0.15) is 0 Å². The van der Waals surface area contributed by atoms with Gasteiger partial charge in [-0.05, 0) is 18.0 Å². The van der Waals surface area contributed by atoms with Crippen molar-refractivity contribution in [1.29, 1.82) is 0 Å². The van der Waals surface area contributed by atoms with Crippen LogP contribution in [0.15, 0.2) is 4.52 Å². The Bertz CT molecular complexity index is 411. The number of rotatable bonds is 3. The molecule has 0 unspecified atom stereocenters. The van der Waals surface area contributed by atoms with Gasteiger partial charge in [-0.25, -0.2) is 0 Å². The molecule has 19 heavy (non-hydrogen) atoms. The molecule has 2 saturated heterocycles. The Kier molecular flexibility index (Phi) is 3.67. The molecule has 7 nitrogen and oxygen atoms in total. The third-order valence-electron chi connectivity index (χ3n) is 4.00. The molecular formula is C12H20N4O3. The van der Waals surface area contributed by atoms with Gasteiger partial charge in [-0.3, -0.25) is 0 Å². The average Bonchev–Trinajstić information content (AvgIpc) is 2.99. The molecule has 0 atom stereocenters. The number of nitrogens with two attached hydrogens (primary N) is 1. The SMILES string of the molecule is NCC1(c2nc(N3CCOCC3)no2)CCOCC1. The van der Waals surface area contributed by atoms with E-state index in [0.717, 1.165) is 25.9 Å². The zero-order chi connectivity index (χ0) is 13.1. The minimum Gasteiger partial charge on any atom is -0.381 e. The van der Waals surface area contributed by atoms with E-state index in [1.54, 1.807) is 0 Å². The third kappa shape index (κ3) is 2.45. The van der Waals surface area contributed by atoms with Crippen LogP contribution in [0.4, 0.5) is 5.95 Å². The first kappa shape index (κ1) is 12.8. The summed E-state index contributed by atoms with van der Waals surface area (Å²) >= 11 is 0. The maximum atomic E-state index is 5.94. The fraction of sp³-hybridized carbons (Fsp3) is 0.833. The molecule has 0 aromatic carbocycles. The minimum absolute atomic E-state index is 0.213. The number of nitrogens with zero attached hydrogens (tertiary/aromatic N) is 3. The standard InChI is InChI=1S/C12H20N4O3/c13-9-12(1-5-17-6-2-12)10-14-11(15-19-10)16-3-7-18-8-4-16/h1-9,13H2. The molecule has 7 heteroatoms. The van der Waals surface area contributed by atoms with Crippen molar-refractivity contribution in [3.05, 3.63) is 5.89 Å². The molecule has 0 amide bonds. The van der Waals surface area contributed by atoms with Crippen molar-refractivity contribution in [2.24, 2.45) is 5.73 Å². The van der Waals surface area contributed by atoms with Gasteiger partial charge < -0.3 is 24.6 Å². The van der Waals surface area contributed by atoms with Crippen LogP contribution in [0.3, 0.4) is 0 Å². The fourth-order valence-electron chi connectivity index (χ4n) is 2.59. The van der Waals surface area contributed by atoms with Crippen LogP contribution in [-0.4, -0.2) is 56.2 Å². The normalized spacial score (nSPS) is 23.5. The molecule has 0 saturated carbocycles. The minimum atomic E-state index is -0.213. The monoisotopic (exact) mass is 268 g/mol. The molecular weight excluding hydrogens is 248 g/mol. The van der Waals surface area contributed by atoms with E-state index >= 15 is 0 Å². The third-order valence-corrected chi connectivity index (χ3v) is 4.00. The first-order valence-corrected chi connectivity index (χ1v) is 6.79. The number of morpholine rings is 1. The van der Waals surface area contributed by atoms with Gasteiger partial charge in [0, 0.05) is 32.8 Å². The quantitative estimate of drug-likeness (QED) is 0.820. The summed E-state index contributed by atoms with van der Waals surface area (Å²) in [4.78, 5) is 6.64. The molecule has 3 rings (SSSR count). The summed E-state index contributed by atoms with van der Waals surface area (Å²) in [7, 11) is 0. The number of hydrogen-bond donors (Lipinski definition) is 1. The summed E-state index contributed by atoms with van der Waals surface area (Å²) in [6, 6.07) is 0. The highest BCUT2D eigenvalue weighted by atomic mass is 16.5. The van der Waals surface area contributed by atoms with Gasteiger partial charge in [0.15, 0.2) is 0 Å². The Balaban J connectivity index is 1.79. The number of aromatic nitrogens is 2. The lowest BCUT2D eigenvalue weighted by Gasteiger charge is -2.32. The highest BCUT2D eigenvalue weighted by Crippen LogP contribution is 2.33. The van der Waals surface area contributed by atoms with Crippen molar-refractivity contribution in [1.82, 2.24) is 10.1 Å². The van der Waals surface area contributed by atoms with Crippen molar-refractivity contribution in [2.45, 2.75) is 18.3 Å². The first-order valence-electron chi connectivity index (χ1n) is 6.79.